The molecule has 0 aliphatic carbocycles. The molecule has 0 aliphatic rings. The molecule has 1 N–H and O–H groups in total. The van der Waals surface area contributed by atoms with Crippen LogP contribution in [0.3, 0.4) is 0 Å². The van der Waals surface area contributed by atoms with Crippen molar-refractivity contribution in [3.8, 4) is 17.1 Å². The number of aromatic nitrogens is 3. The van der Waals surface area contributed by atoms with E-state index < -0.39 is 5.91 Å². The van der Waals surface area contributed by atoms with E-state index in [1.165, 1.54) is 0 Å². The second-order valence-electron chi connectivity index (χ2n) is 6.98. The van der Waals surface area contributed by atoms with E-state index in [4.69, 9.17) is 23.2 Å². The zero-order valence-electron chi connectivity index (χ0n) is 16.7. The van der Waals surface area contributed by atoms with Gasteiger partial charge in [-0.3, -0.25) is 4.79 Å². The number of anilines is 1. The summed E-state index contributed by atoms with van der Waals surface area (Å²) in [5.41, 5.74) is 3.89. The maximum absolute atomic E-state index is 13.0. The molecule has 0 saturated heterocycles. The largest absolute Gasteiger partial charge is 0.319 e. The van der Waals surface area contributed by atoms with Gasteiger partial charge < -0.3 is 5.32 Å². The van der Waals surface area contributed by atoms with Crippen molar-refractivity contribution >= 4 is 50.7 Å². The van der Waals surface area contributed by atoms with Crippen molar-refractivity contribution in [3.63, 3.8) is 0 Å². The summed E-state index contributed by atoms with van der Waals surface area (Å²) in [5, 5.41) is 8.51. The molecular weight excluding hydrogens is 499 g/mol. The first-order valence-electron chi connectivity index (χ1n) is 9.39. The van der Waals surface area contributed by atoms with Crippen LogP contribution in [0.2, 0.25) is 10.0 Å². The van der Waals surface area contributed by atoms with E-state index in [0.29, 0.717) is 21.6 Å². The number of hydrogen-bond donors (Lipinski definition) is 1. The van der Waals surface area contributed by atoms with Crippen molar-refractivity contribution in [2.24, 2.45) is 0 Å². The normalized spacial score (nSPS) is 10.9. The summed E-state index contributed by atoms with van der Waals surface area (Å²) in [5.74, 6) is 0.143. The highest BCUT2D eigenvalue weighted by Gasteiger charge is 2.21. The Morgan fingerprint density at radius 3 is 2.52 bits per heavy atom. The van der Waals surface area contributed by atoms with Gasteiger partial charge in [-0.2, -0.15) is 0 Å². The number of hydrogen-bond acceptors (Lipinski definition) is 3. The Morgan fingerprint density at radius 2 is 1.77 bits per heavy atom. The molecule has 156 valence electrons. The van der Waals surface area contributed by atoms with E-state index in [0.717, 1.165) is 26.9 Å². The summed E-state index contributed by atoms with van der Waals surface area (Å²) >= 11 is 15.9. The van der Waals surface area contributed by atoms with E-state index in [-0.39, 0.29) is 5.82 Å². The van der Waals surface area contributed by atoms with Crippen LogP contribution >= 0.6 is 39.1 Å². The molecule has 0 unspecified atom stereocenters. The van der Waals surface area contributed by atoms with E-state index in [1.807, 2.05) is 62.4 Å². The zero-order chi connectivity index (χ0) is 22.1. The van der Waals surface area contributed by atoms with Gasteiger partial charge >= 0.3 is 0 Å². The van der Waals surface area contributed by atoms with Gasteiger partial charge in [-0.1, -0.05) is 63.4 Å². The van der Waals surface area contributed by atoms with Crippen LogP contribution in [0.4, 0.5) is 5.69 Å². The monoisotopic (exact) mass is 514 g/mol. The zero-order valence-corrected chi connectivity index (χ0v) is 19.8. The van der Waals surface area contributed by atoms with Gasteiger partial charge in [0.15, 0.2) is 5.82 Å². The molecule has 8 heteroatoms. The van der Waals surface area contributed by atoms with Gasteiger partial charge in [-0.15, -0.1) is 5.10 Å². The van der Waals surface area contributed by atoms with Crippen LogP contribution in [0, 0.1) is 13.8 Å². The third-order valence-electron chi connectivity index (χ3n) is 4.83. The first-order chi connectivity index (χ1) is 14.8. The number of amides is 1. The molecule has 0 fully saturated rings. The molecular formula is C23H17BrCl2N4O. The summed E-state index contributed by atoms with van der Waals surface area (Å²) in [6.07, 6.45) is 0. The minimum Gasteiger partial charge on any atom is -0.319 e. The Balaban J connectivity index is 1.81. The molecule has 1 aromatic heterocycles. The fourth-order valence-corrected chi connectivity index (χ4v) is 3.70. The summed E-state index contributed by atoms with van der Waals surface area (Å²) in [6.45, 7) is 3.79. The third kappa shape index (κ3) is 4.51. The van der Waals surface area contributed by atoms with E-state index >= 15 is 0 Å². The number of rotatable bonds is 4. The van der Waals surface area contributed by atoms with E-state index in [1.54, 1.807) is 16.8 Å². The average Bonchev–Trinajstić information content (AvgIpc) is 3.18. The van der Waals surface area contributed by atoms with Crippen molar-refractivity contribution in [2.75, 3.05) is 5.32 Å². The van der Waals surface area contributed by atoms with Crippen LogP contribution in [0.1, 0.15) is 21.7 Å². The SMILES string of the molecule is Cc1ccc(Cl)cc1NC(=O)c1nc(-c2ccc(Br)cc2)n(-c2cccc(Cl)c2C)n1. The van der Waals surface area contributed by atoms with E-state index in [2.05, 4.69) is 31.3 Å². The summed E-state index contributed by atoms with van der Waals surface area (Å²) < 4.78 is 2.58. The molecule has 4 aromatic rings. The molecule has 0 saturated carbocycles. The van der Waals surface area contributed by atoms with Gasteiger partial charge in [0, 0.05) is 25.8 Å². The average molecular weight is 516 g/mol. The highest BCUT2D eigenvalue weighted by molar-refractivity contribution is 9.10. The molecule has 4 rings (SSSR count). The first kappa shape index (κ1) is 21.6. The van der Waals surface area contributed by atoms with Crippen LogP contribution in [-0.2, 0) is 0 Å². The number of aryl methyl sites for hydroxylation is 1. The lowest BCUT2D eigenvalue weighted by molar-refractivity contribution is 0.101. The second kappa shape index (κ2) is 8.83. The molecule has 3 aromatic carbocycles. The van der Waals surface area contributed by atoms with Crippen LogP contribution in [0.5, 0.6) is 0 Å². The minimum atomic E-state index is -0.429. The first-order valence-corrected chi connectivity index (χ1v) is 10.9. The molecule has 0 aliphatic heterocycles. The predicted octanol–water partition coefficient (Wildman–Crippen LogP) is 6.87. The Labute approximate surface area is 198 Å². The molecule has 31 heavy (non-hydrogen) atoms. The quantitative estimate of drug-likeness (QED) is 0.322. The van der Waals surface area contributed by atoms with Crippen LogP contribution in [0.25, 0.3) is 17.1 Å². The van der Waals surface area contributed by atoms with Gasteiger partial charge in [0.1, 0.15) is 0 Å². The van der Waals surface area contributed by atoms with Crippen molar-refractivity contribution in [3.05, 3.63) is 92.1 Å². The Hall–Kier alpha value is -2.67. The lowest BCUT2D eigenvalue weighted by Crippen LogP contribution is -2.15. The van der Waals surface area contributed by atoms with Crippen LogP contribution < -0.4 is 5.32 Å². The smallest absolute Gasteiger partial charge is 0.295 e. The number of nitrogens with one attached hydrogen (secondary N) is 1. The van der Waals surface area contributed by atoms with Gasteiger partial charge in [0.25, 0.3) is 5.91 Å². The number of carbonyl (C=O) groups is 1. The fraction of sp³-hybridized carbons (Fsp3) is 0.0870. The highest BCUT2D eigenvalue weighted by Crippen LogP contribution is 2.28. The highest BCUT2D eigenvalue weighted by atomic mass is 79.9. The van der Waals surface area contributed by atoms with Crippen molar-refractivity contribution in [1.29, 1.82) is 0 Å². The number of halogens is 3. The Kier molecular flexibility index (Phi) is 6.14. The maximum atomic E-state index is 13.0. The maximum Gasteiger partial charge on any atom is 0.295 e. The van der Waals surface area contributed by atoms with Crippen LogP contribution in [-0.4, -0.2) is 20.7 Å². The Bertz CT molecular complexity index is 1290. The van der Waals surface area contributed by atoms with Gasteiger partial charge in [0.05, 0.1) is 5.69 Å². The molecule has 5 nitrogen and oxygen atoms in total. The fourth-order valence-electron chi connectivity index (χ4n) is 3.09. The van der Waals surface area contributed by atoms with Gasteiger partial charge in [0.2, 0.25) is 5.82 Å². The molecule has 0 spiro atoms. The van der Waals surface area contributed by atoms with E-state index in [9.17, 15) is 4.79 Å². The van der Waals surface area contributed by atoms with Crippen molar-refractivity contribution < 1.29 is 4.79 Å². The summed E-state index contributed by atoms with van der Waals surface area (Å²) in [4.78, 5) is 17.5. The molecule has 0 radical (unpaired) electrons. The molecule has 1 heterocycles. The summed E-state index contributed by atoms with van der Waals surface area (Å²) in [7, 11) is 0. The lowest BCUT2D eigenvalue weighted by atomic mass is 10.1. The number of nitrogens with zero attached hydrogens (tertiary/aromatic N) is 3. The topological polar surface area (TPSA) is 59.8 Å². The molecule has 0 atom stereocenters. The predicted molar refractivity (Wildman–Crippen MR) is 128 cm³/mol. The van der Waals surface area contributed by atoms with Gasteiger partial charge in [-0.25, -0.2) is 9.67 Å². The number of benzene rings is 3. The van der Waals surface area contributed by atoms with Gasteiger partial charge in [-0.05, 0) is 61.4 Å². The van der Waals surface area contributed by atoms with Crippen LogP contribution in [0.15, 0.2) is 65.1 Å². The summed E-state index contributed by atoms with van der Waals surface area (Å²) in [6, 6.07) is 18.5. The standard InChI is InChI=1S/C23H17BrCl2N4O/c1-13-6-11-17(25)12-19(13)27-23(31)21-28-22(15-7-9-16(24)10-8-15)30(29-21)20-5-3-4-18(26)14(20)2/h3-12H,1-2H3,(H,27,31). The van der Waals surface area contributed by atoms with Crippen molar-refractivity contribution in [1.82, 2.24) is 14.8 Å². The number of carbonyl (C=O) groups excluding carboxylic acids is 1. The molecule has 1 amide bonds. The molecule has 0 bridgehead atoms. The minimum absolute atomic E-state index is 0.0386. The lowest BCUT2D eigenvalue weighted by Gasteiger charge is -2.10. The Morgan fingerprint density at radius 1 is 1.03 bits per heavy atom. The third-order valence-corrected chi connectivity index (χ3v) is 6.00. The van der Waals surface area contributed by atoms with Crippen molar-refractivity contribution in [2.45, 2.75) is 13.8 Å². The second-order valence-corrected chi connectivity index (χ2v) is 8.73.